The summed E-state index contributed by atoms with van der Waals surface area (Å²) in [5.74, 6) is 1.91. The lowest BCUT2D eigenvalue weighted by Gasteiger charge is -2.27. The molecule has 1 aliphatic rings. The highest BCUT2D eigenvalue weighted by atomic mass is 16.7. The summed E-state index contributed by atoms with van der Waals surface area (Å²) in [4.78, 5) is 15.0. The molecule has 0 aromatic heterocycles. The standard InChI is InChI=1S/C22H28N2O3/c1-5-24(13-17-10-11-20-21(12-17)27-14-26-20)16(4)22(25)23-19-9-7-6-8-18(19)15(2)3/h6-12,15-16H,5,13-14H2,1-4H3,(H,23,25). The van der Waals surface area contributed by atoms with Crippen LogP contribution in [0.4, 0.5) is 5.69 Å². The first-order valence-corrected chi connectivity index (χ1v) is 9.52. The Labute approximate surface area is 161 Å². The van der Waals surface area contributed by atoms with Gasteiger partial charge in [-0.15, -0.1) is 0 Å². The molecule has 5 nitrogen and oxygen atoms in total. The molecule has 1 atom stereocenters. The topological polar surface area (TPSA) is 50.8 Å². The average Bonchev–Trinajstić information content (AvgIpc) is 3.13. The maximum Gasteiger partial charge on any atom is 0.241 e. The number of amides is 1. The van der Waals surface area contributed by atoms with Gasteiger partial charge in [-0.05, 0) is 48.7 Å². The van der Waals surface area contributed by atoms with Crippen molar-refractivity contribution in [1.29, 1.82) is 0 Å². The third-order valence-corrected chi connectivity index (χ3v) is 5.00. The molecule has 0 fully saturated rings. The number of benzene rings is 2. The van der Waals surface area contributed by atoms with Crippen LogP contribution in [0.3, 0.4) is 0 Å². The number of ether oxygens (including phenoxy) is 2. The molecule has 0 bridgehead atoms. The van der Waals surface area contributed by atoms with Gasteiger partial charge in [-0.3, -0.25) is 9.69 Å². The smallest absolute Gasteiger partial charge is 0.241 e. The van der Waals surface area contributed by atoms with Gasteiger partial charge in [-0.25, -0.2) is 0 Å². The van der Waals surface area contributed by atoms with Crippen LogP contribution < -0.4 is 14.8 Å². The summed E-state index contributed by atoms with van der Waals surface area (Å²) in [6.45, 7) is 9.99. The number of carbonyl (C=O) groups excluding carboxylic acids is 1. The Bertz CT molecular complexity index is 804. The van der Waals surface area contributed by atoms with Gasteiger partial charge >= 0.3 is 0 Å². The summed E-state index contributed by atoms with van der Waals surface area (Å²) in [5.41, 5.74) is 3.14. The molecule has 0 aliphatic carbocycles. The van der Waals surface area contributed by atoms with Gasteiger partial charge in [0.2, 0.25) is 12.7 Å². The number of para-hydroxylation sites is 1. The van der Waals surface area contributed by atoms with E-state index in [2.05, 4.69) is 37.1 Å². The van der Waals surface area contributed by atoms with Crippen molar-refractivity contribution in [2.24, 2.45) is 0 Å². The van der Waals surface area contributed by atoms with E-state index in [0.29, 0.717) is 12.5 Å². The lowest BCUT2D eigenvalue weighted by atomic mass is 10.0. The monoisotopic (exact) mass is 368 g/mol. The minimum absolute atomic E-state index is 0.00527. The second-order valence-electron chi connectivity index (χ2n) is 7.16. The van der Waals surface area contributed by atoms with Gasteiger partial charge in [-0.2, -0.15) is 0 Å². The van der Waals surface area contributed by atoms with Crippen molar-refractivity contribution in [1.82, 2.24) is 4.90 Å². The van der Waals surface area contributed by atoms with E-state index in [9.17, 15) is 4.79 Å². The highest BCUT2D eigenvalue weighted by Gasteiger charge is 2.22. The Kier molecular flexibility index (Phi) is 6.01. The van der Waals surface area contributed by atoms with E-state index in [1.807, 2.05) is 43.3 Å². The lowest BCUT2D eigenvalue weighted by molar-refractivity contribution is -0.120. The van der Waals surface area contributed by atoms with Crippen molar-refractivity contribution >= 4 is 11.6 Å². The number of likely N-dealkylation sites (N-methyl/N-ethyl adjacent to an activating group) is 1. The van der Waals surface area contributed by atoms with Gasteiger partial charge in [0.25, 0.3) is 0 Å². The van der Waals surface area contributed by atoms with Gasteiger partial charge in [0.15, 0.2) is 11.5 Å². The molecule has 2 aromatic rings. The van der Waals surface area contributed by atoms with Crippen LogP contribution in [0.15, 0.2) is 42.5 Å². The predicted molar refractivity (Wildman–Crippen MR) is 107 cm³/mol. The molecule has 0 saturated carbocycles. The van der Waals surface area contributed by atoms with Crippen molar-refractivity contribution in [2.75, 3.05) is 18.7 Å². The van der Waals surface area contributed by atoms with Crippen LogP contribution in [0.5, 0.6) is 11.5 Å². The quantitative estimate of drug-likeness (QED) is 0.788. The number of fused-ring (bicyclic) bond motifs is 1. The molecule has 144 valence electrons. The van der Waals surface area contributed by atoms with E-state index >= 15 is 0 Å². The van der Waals surface area contributed by atoms with Gasteiger partial charge in [0, 0.05) is 12.2 Å². The molecule has 27 heavy (non-hydrogen) atoms. The second-order valence-corrected chi connectivity index (χ2v) is 7.16. The third kappa shape index (κ3) is 4.42. The first-order chi connectivity index (χ1) is 13.0. The van der Waals surface area contributed by atoms with E-state index in [1.165, 1.54) is 0 Å². The molecule has 1 aliphatic heterocycles. The number of nitrogens with one attached hydrogen (secondary N) is 1. The van der Waals surface area contributed by atoms with Crippen LogP contribution in [0.25, 0.3) is 0 Å². The fourth-order valence-electron chi connectivity index (χ4n) is 3.31. The normalized spacial score (nSPS) is 13.9. The summed E-state index contributed by atoms with van der Waals surface area (Å²) in [5, 5.41) is 3.11. The third-order valence-electron chi connectivity index (χ3n) is 5.00. The molecule has 5 heteroatoms. The van der Waals surface area contributed by atoms with E-state index in [-0.39, 0.29) is 18.7 Å². The molecule has 2 aromatic carbocycles. The average molecular weight is 368 g/mol. The number of hydrogen-bond acceptors (Lipinski definition) is 4. The van der Waals surface area contributed by atoms with Crippen LogP contribution in [0.2, 0.25) is 0 Å². The number of hydrogen-bond donors (Lipinski definition) is 1. The Morgan fingerprint density at radius 1 is 1.11 bits per heavy atom. The minimum Gasteiger partial charge on any atom is -0.454 e. The largest absolute Gasteiger partial charge is 0.454 e. The van der Waals surface area contributed by atoms with Crippen LogP contribution in [0, 0.1) is 0 Å². The molecular formula is C22H28N2O3. The molecular weight excluding hydrogens is 340 g/mol. The molecule has 3 rings (SSSR count). The van der Waals surface area contributed by atoms with Gasteiger partial charge in [-0.1, -0.05) is 45.0 Å². The molecule has 0 saturated heterocycles. The summed E-state index contributed by atoms with van der Waals surface area (Å²) >= 11 is 0. The van der Waals surface area contributed by atoms with E-state index in [1.54, 1.807) is 0 Å². The van der Waals surface area contributed by atoms with Gasteiger partial charge < -0.3 is 14.8 Å². The van der Waals surface area contributed by atoms with Crippen molar-refractivity contribution in [3.05, 3.63) is 53.6 Å². The molecule has 1 amide bonds. The summed E-state index contributed by atoms with van der Waals surface area (Å²) in [7, 11) is 0. The first kappa shape index (κ1) is 19.2. The van der Waals surface area contributed by atoms with Gasteiger partial charge in [0.05, 0.1) is 6.04 Å². The van der Waals surface area contributed by atoms with Crippen molar-refractivity contribution in [3.8, 4) is 11.5 Å². The van der Waals surface area contributed by atoms with Gasteiger partial charge in [0.1, 0.15) is 0 Å². The zero-order valence-electron chi connectivity index (χ0n) is 16.5. The van der Waals surface area contributed by atoms with Crippen LogP contribution in [0.1, 0.15) is 44.7 Å². The fraction of sp³-hybridized carbons (Fsp3) is 0.409. The Hall–Kier alpha value is -2.53. The van der Waals surface area contributed by atoms with E-state index in [4.69, 9.17) is 9.47 Å². The molecule has 1 heterocycles. The second kappa shape index (κ2) is 8.44. The van der Waals surface area contributed by atoms with Crippen molar-refractivity contribution < 1.29 is 14.3 Å². The summed E-state index contributed by atoms with van der Waals surface area (Å²) < 4.78 is 10.8. The highest BCUT2D eigenvalue weighted by Crippen LogP contribution is 2.33. The van der Waals surface area contributed by atoms with Crippen molar-refractivity contribution in [3.63, 3.8) is 0 Å². The summed E-state index contributed by atoms with van der Waals surface area (Å²) in [6.07, 6.45) is 0. The molecule has 1 unspecified atom stereocenters. The zero-order valence-corrected chi connectivity index (χ0v) is 16.5. The van der Waals surface area contributed by atoms with Crippen LogP contribution >= 0.6 is 0 Å². The maximum atomic E-state index is 12.9. The molecule has 0 radical (unpaired) electrons. The van der Waals surface area contributed by atoms with Crippen LogP contribution in [-0.4, -0.2) is 30.2 Å². The van der Waals surface area contributed by atoms with E-state index in [0.717, 1.165) is 34.9 Å². The number of anilines is 1. The highest BCUT2D eigenvalue weighted by molar-refractivity contribution is 5.95. The van der Waals surface area contributed by atoms with E-state index < -0.39 is 0 Å². The van der Waals surface area contributed by atoms with Crippen molar-refractivity contribution in [2.45, 2.75) is 46.2 Å². The summed E-state index contributed by atoms with van der Waals surface area (Å²) in [6, 6.07) is 13.7. The number of carbonyl (C=O) groups is 1. The minimum atomic E-state index is -0.249. The maximum absolute atomic E-state index is 12.9. The first-order valence-electron chi connectivity index (χ1n) is 9.52. The Balaban J connectivity index is 1.69. The molecule has 1 N–H and O–H groups in total. The number of rotatable bonds is 7. The van der Waals surface area contributed by atoms with Crippen LogP contribution in [-0.2, 0) is 11.3 Å². The Morgan fingerprint density at radius 3 is 2.59 bits per heavy atom. The SMILES string of the molecule is CCN(Cc1ccc2c(c1)OCO2)C(C)C(=O)Nc1ccccc1C(C)C. The zero-order chi connectivity index (χ0) is 19.4. The number of nitrogens with zero attached hydrogens (tertiary/aromatic N) is 1. The predicted octanol–water partition coefficient (Wildman–Crippen LogP) is 4.39. The molecule has 0 spiro atoms. The lowest BCUT2D eigenvalue weighted by Crippen LogP contribution is -2.41. The Morgan fingerprint density at radius 2 is 1.85 bits per heavy atom. The fourth-order valence-corrected chi connectivity index (χ4v) is 3.31.